The number of aromatic nitrogens is 2. The van der Waals surface area contributed by atoms with E-state index in [9.17, 15) is 9.65 Å². The van der Waals surface area contributed by atoms with Gasteiger partial charge in [0.2, 0.25) is 0 Å². The number of thiophene rings is 1. The van der Waals surface area contributed by atoms with Gasteiger partial charge in [0, 0.05) is 48.1 Å². The van der Waals surface area contributed by atoms with Gasteiger partial charge in [0.05, 0.1) is 25.0 Å². The van der Waals surface area contributed by atoms with Gasteiger partial charge in [-0.2, -0.15) is 15.2 Å². The Morgan fingerprint density at radius 1 is 1.15 bits per heavy atom. The summed E-state index contributed by atoms with van der Waals surface area (Å²) in [6.45, 7) is 4.31. The second-order valence-corrected chi connectivity index (χ2v) is 12.7. The number of alkyl halides is 1. The molecule has 6 heterocycles. The van der Waals surface area contributed by atoms with Crippen molar-refractivity contribution in [3.8, 4) is 12.1 Å². The third-order valence-electron chi connectivity index (χ3n) is 9.10. The van der Waals surface area contributed by atoms with Crippen LogP contribution in [0.3, 0.4) is 0 Å². The summed E-state index contributed by atoms with van der Waals surface area (Å²) in [7, 11) is 1.62. The van der Waals surface area contributed by atoms with E-state index in [1.165, 1.54) is 54.7 Å². The highest BCUT2D eigenvalue weighted by Gasteiger charge is 2.46. The van der Waals surface area contributed by atoms with E-state index < -0.39 is 11.8 Å². The molecule has 0 saturated carbocycles. The van der Waals surface area contributed by atoms with Crippen LogP contribution >= 0.6 is 11.3 Å². The number of nitrogens with zero attached hydrogens (tertiary/aromatic N) is 5. The van der Waals surface area contributed by atoms with E-state index in [2.05, 4.69) is 15.9 Å². The SMILES string of the molecule is COc1nc2c(c(N3CCCCCC3)n1)COC1(CCCc3sc(N)c(C#N)c31)C2.FC1CC2CCCN2C1. The lowest BCUT2D eigenvalue weighted by molar-refractivity contribution is -0.0851. The van der Waals surface area contributed by atoms with E-state index in [0.717, 1.165) is 68.0 Å². The van der Waals surface area contributed by atoms with Gasteiger partial charge in [0.1, 0.15) is 28.7 Å². The summed E-state index contributed by atoms with van der Waals surface area (Å²) in [5, 5.41) is 10.4. The molecule has 3 unspecified atom stereocenters. The smallest absolute Gasteiger partial charge is 0.318 e. The molecule has 0 radical (unpaired) electrons. The average molecular weight is 555 g/mol. The van der Waals surface area contributed by atoms with Gasteiger partial charge in [0.15, 0.2) is 0 Å². The van der Waals surface area contributed by atoms with Crippen molar-refractivity contribution in [3.05, 3.63) is 27.3 Å². The topological polar surface area (TPSA) is 101 Å². The number of fused-ring (bicyclic) bond motifs is 4. The van der Waals surface area contributed by atoms with Crippen molar-refractivity contribution in [3.63, 3.8) is 0 Å². The highest BCUT2D eigenvalue weighted by Crippen LogP contribution is 2.50. The fraction of sp³-hybridized carbons (Fsp3) is 0.690. The van der Waals surface area contributed by atoms with Crippen LogP contribution in [0.1, 0.15) is 85.0 Å². The molecule has 10 heteroatoms. The van der Waals surface area contributed by atoms with Gasteiger partial charge < -0.3 is 20.1 Å². The van der Waals surface area contributed by atoms with Crippen LogP contribution in [0.25, 0.3) is 0 Å². The summed E-state index contributed by atoms with van der Waals surface area (Å²) in [4.78, 5) is 15.3. The van der Waals surface area contributed by atoms with Gasteiger partial charge in [-0.3, -0.25) is 4.90 Å². The Kier molecular flexibility index (Phi) is 7.66. The highest BCUT2D eigenvalue weighted by molar-refractivity contribution is 7.16. The Morgan fingerprint density at radius 2 is 1.97 bits per heavy atom. The molecule has 0 amide bonds. The average Bonchev–Trinajstić information content (AvgIpc) is 3.53. The quantitative estimate of drug-likeness (QED) is 0.561. The van der Waals surface area contributed by atoms with Gasteiger partial charge >= 0.3 is 6.01 Å². The summed E-state index contributed by atoms with van der Waals surface area (Å²) in [5.74, 6) is 0.954. The van der Waals surface area contributed by atoms with E-state index in [0.29, 0.717) is 42.2 Å². The molecule has 1 spiro atoms. The molecule has 2 aromatic rings. The number of nitrogen functional groups attached to an aromatic ring is 1. The fourth-order valence-electron chi connectivity index (χ4n) is 7.23. The Hall–Kier alpha value is -2.48. The van der Waals surface area contributed by atoms with Gasteiger partial charge in [-0.05, 0) is 57.9 Å². The number of hydrogen-bond donors (Lipinski definition) is 1. The van der Waals surface area contributed by atoms with Crippen LogP contribution < -0.4 is 15.4 Å². The number of ether oxygens (including phenoxy) is 2. The molecule has 3 fully saturated rings. The van der Waals surface area contributed by atoms with Crippen molar-refractivity contribution in [2.24, 2.45) is 0 Å². The van der Waals surface area contributed by atoms with Gasteiger partial charge in [-0.15, -0.1) is 11.3 Å². The number of aryl methyl sites for hydroxylation is 1. The van der Waals surface area contributed by atoms with Crippen LogP contribution in [0.2, 0.25) is 0 Å². The number of anilines is 2. The largest absolute Gasteiger partial charge is 0.467 e. The van der Waals surface area contributed by atoms with E-state index in [-0.39, 0.29) is 0 Å². The first-order chi connectivity index (χ1) is 19.0. The monoisotopic (exact) mass is 554 g/mol. The van der Waals surface area contributed by atoms with Gasteiger partial charge in [0.25, 0.3) is 0 Å². The maximum absolute atomic E-state index is 12.6. The summed E-state index contributed by atoms with van der Waals surface area (Å²) in [6.07, 6.45) is 11.2. The Balaban J connectivity index is 0.000000258. The van der Waals surface area contributed by atoms with Crippen LogP contribution in [0.15, 0.2) is 0 Å². The standard InChI is InChI=1S/C22H27N5O2S.C7H12FN/c1-28-21-25-16-11-22(8-6-7-17-18(22)14(12-23)19(24)30-17)29-13-15(16)20(26-21)27-9-4-2-3-5-10-27;8-6-4-7-2-1-3-9(7)5-6/h2-11,13,24H2,1H3;6-7H,1-5H2. The van der Waals surface area contributed by atoms with E-state index in [1.807, 2.05) is 0 Å². The zero-order chi connectivity index (χ0) is 27.0. The maximum atomic E-state index is 12.6. The first kappa shape index (κ1) is 26.7. The van der Waals surface area contributed by atoms with Crippen molar-refractivity contribution in [2.45, 2.75) is 95.1 Å². The lowest BCUT2D eigenvalue weighted by Crippen LogP contribution is -2.40. The van der Waals surface area contributed by atoms with Crippen molar-refractivity contribution < 1.29 is 13.9 Å². The number of methoxy groups -OCH3 is 1. The highest BCUT2D eigenvalue weighted by atomic mass is 32.1. The van der Waals surface area contributed by atoms with Crippen LogP contribution in [-0.2, 0) is 29.8 Å². The van der Waals surface area contributed by atoms with E-state index >= 15 is 0 Å². The molecule has 210 valence electrons. The molecule has 3 atom stereocenters. The van der Waals surface area contributed by atoms with Crippen LogP contribution in [-0.4, -0.2) is 60.4 Å². The minimum atomic E-state index is -0.533. The molecular formula is C29H39FN6O2S. The lowest BCUT2D eigenvalue weighted by atomic mass is 9.76. The third kappa shape index (κ3) is 5.09. The Bertz CT molecular complexity index is 1230. The van der Waals surface area contributed by atoms with E-state index in [4.69, 9.17) is 25.2 Å². The summed E-state index contributed by atoms with van der Waals surface area (Å²) in [5.41, 5.74) is 9.29. The molecule has 0 aromatic carbocycles. The van der Waals surface area contributed by atoms with Crippen molar-refractivity contribution >= 4 is 22.2 Å². The number of nitrogens with two attached hydrogens (primary N) is 1. The maximum Gasteiger partial charge on any atom is 0.318 e. The molecule has 4 aliphatic heterocycles. The Morgan fingerprint density at radius 3 is 2.72 bits per heavy atom. The molecular weight excluding hydrogens is 515 g/mol. The van der Waals surface area contributed by atoms with Gasteiger partial charge in [-0.1, -0.05) is 12.8 Å². The normalized spacial score (nSPS) is 28.1. The van der Waals surface area contributed by atoms with Crippen LogP contribution in [0, 0.1) is 11.3 Å². The fourth-order valence-corrected chi connectivity index (χ4v) is 8.38. The molecule has 2 N–H and O–H groups in total. The predicted molar refractivity (Wildman–Crippen MR) is 150 cm³/mol. The molecule has 2 aromatic heterocycles. The van der Waals surface area contributed by atoms with E-state index in [1.54, 1.807) is 7.11 Å². The van der Waals surface area contributed by atoms with Crippen LogP contribution in [0.5, 0.6) is 6.01 Å². The number of rotatable bonds is 2. The van der Waals surface area contributed by atoms with Crippen molar-refractivity contribution in [1.82, 2.24) is 14.9 Å². The number of hydrogen-bond acceptors (Lipinski definition) is 9. The van der Waals surface area contributed by atoms with Gasteiger partial charge in [-0.25, -0.2) is 4.39 Å². The first-order valence-electron chi connectivity index (χ1n) is 14.5. The minimum Gasteiger partial charge on any atom is -0.467 e. The Labute approximate surface area is 234 Å². The zero-order valence-electron chi connectivity index (χ0n) is 22.9. The second-order valence-electron chi connectivity index (χ2n) is 11.5. The molecule has 1 aliphatic carbocycles. The van der Waals surface area contributed by atoms with Crippen LogP contribution in [0.4, 0.5) is 15.2 Å². The zero-order valence-corrected chi connectivity index (χ0v) is 23.7. The summed E-state index contributed by atoms with van der Waals surface area (Å²) in [6, 6.07) is 3.35. The van der Waals surface area contributed by atoms with Crippen molar-refractivity contribution in [2.75, 3.05) is 43.9 Å². The predicted octanol–water partition coefficient (Wildman–Crippen LogP) is 4.88. The first-order valence-corrected chi connectivity index (χ1v) is 15.4. The summed E-state index contributed by atoms with van der Waals surface area (Å²) < 4.78 is 24.7. The summed E-state index contributed by atoms with van der Waals surface area (Å²) >= 11 is 1.54. The molecule has 0 bridgehead atoms. The third-order valence-corrected chi connectivity index (χ3v) is 10.2. The van der Waals surface area contributed by atoms with Crippen molar-refractivity contribution in [1.29, 1.82) is 5.26 Å². The minimum absolute atomic E-state index is 0.409. The number of halogens is 1. The second kappa shape index (κ2) is 11.2. The molecule has 8 nitrogen and oxygen atoms in total. The molecule has 3 saturated heterocycles. The lowest BCUT2D eigenvalue weighted by Gasteiger charge is -2.42. The molecule has 5 aliphatic rings. The number of nitriles is 1. The molecule has 39 heavy (non-hydrogen) atoms. The molecule has 7 rings (SSSR count).